The summed E-state index contributed by atoms with van der Waals surface area (Å²) in [5, 5.41) is 20.9. The molecule has 2 aromatic carbocycles. The quantitative estimate of drug-likeness (QED) is 0.213. The molecule has 9 nitrogen and oxygen atoms in total. The molecule has 43 heavy (non-hydrogen) atoms. The predicted molar refractivity (Wildman–Crippen MR) is 154 cm³/mol. The zero-order valence-corrected chi connectivity index (χ0v) is 24.2. The minimum absolute atomic E-state index is 0.0587. The Balaban J connectivity index is 1.54. The molecule has 0 aliphatic heterocycles. The van der Waals surface area contributed by atoms with Gasteiger partial charge in [0.05, 0.1) is 40.3 Å². The molecule has 1 N–H and O–H groups in total. The number of rotatable bonds is 7. The molecule has 5 rings (SSSR count). The van der Waals surface area contributed by atoms with E-state index in [9.17, 15) is 33.1 Å². The molecule has 0 spiro atoms. The van der Waals surface area contributed by atoms with E-state index in [1.54, 1.807) is 37.3 Å². The van der Waals surface area contributed by atoms with Crippen molar-refractivity contribution in [1.29, 1.82) is 5.26 Å². The van der Waals surface area contributed by atoms with Gasteiger partial charge in [-0.3, -0.25) is 14.3 Å². The highest BCUT2D eigenvalue weighted by molar-refractivity contribution is 7.18. The standard InChI is InChI=1S/C29H20ClF3N4O5S/c1-13-8-17(26-24(35-13)19(12-43-26)28(39)40)16-9-15(30)4-5-22(16)42-7-6-37-14(2)36-21-10-20(29(31,32)33)25(41-3)18(11-34)23(21)27(37)38/h4-5,8-10,12H,6-7H2,1-3H3,(H,39,40). The lowest BCUT2D eigenvalue weighted by Gasteiger charge is -2.17. The third-order valence-corrected chi connectivity index (χ3v) is 7.94. The number of nitrogens with zero attached hydrogens (tertiary/aromatic N) is 4. The average Bonchev–Trinajstić information content (AvgIpc) is 3.37. The van der Waals surface area contributed by atoms with Gasteiger partial charge >= 0.3 is 12.1 Å². The second-order valence-corrected chi connectivity index (χ2v) is 10.7. The van der Waals surface area contributed by atoms with Crippen LogP contribution in [0, 0.1) is 25.2 Å². The fraction of sp³-hybridized carbons (Fsp3) is 0.207. The zero-order chi connectivity index (χ0) is 31.2. The van der Waals surface area contributed by atoms with Gasteiger partial charge in [-0.25, -0.2) is 9.78 Å². The number of aromatic nitrogens is 3. The van der Waals surface area contributed by atoms with Crippen LogP contribution in [-0.2, 0) is 12.7 Å². The summed E-state index contributed by atoms with van der Waals surface area (Å²) in [6.07, 6.45) is -4.84. The summed E-state index contributed by atoms with van der Waals surface area (Å²) in [4.78, 5) is 33.8. The van der Waals surface area contributed by atoms with Crippen molar-refractivity contribution in [3.8, 4) is 28.7 Å². The molecule has 220 valence electrons. The highest BCUT2D eigenvalue weighted by atomic mass is 35.5. The maximum absolute atomic E-state index is 13.7. The third-order valence-electron chi connectivity index (χ3n) is 6.70. The van der Waals surface area contributed by atoms with Crippen LogP contribution in [0.3, 0.4) is 0 Å². The molecule has 0 fully saturated rings. The van der Waals surface area contributed by atoms with Crippen LogP contribution >= 0.6 is 22.9 Å². The maximum atomic E-state index is 13.7. The Hall–Kier alpha value is -4.67. The van der Waals surface area contributed by atoms with Gasteiger partial charge in [0, 0.05) is 27.2 Å². The number of halogens is 4. The molecule has 0 saturated carbocycles. The molecule has 0 saturated heterocycles. The van der Waals surface area contributed by atoms with E-state index in [2.05, 4.69) is 9.97 Å². The van der Waals surface area contributed by atoms with Crippen LogP contribution in [-0.4, -0.2) is 39.3 Å². The number of pyridine rings is 1. The second-order valence-electron chi connectivity index (χ2n) is 9.38. The van der Waals surface area contributed by atoms with Crippen molar-refractivity contribution in [2.45, 2.75) is 26.6 Å². The number of nitriles is 1. The number of aromatic carboxylic acids is 1. The fourth-order valence-corrected chi connectivity index (χ4v) is 6.02. The molecule has 3 aromatic heterocycles. The molecule has 0 bridgehead atoms. The Labute approximate surface area is 250 Å². The zero-order valence-electron chi connectivity index (χ0n) is 22.7. The number of aryl methyl sites for hydroxylation is 2. The number of carboxylic acids is 1. The molecular formula is C29H20ClF3N4O5S. The molecule has 3 heterocycles. The van der Waals surface area contributed by atoms with E-state index in [0.717, 1.165) is 7.11 Å². The highest BCUT2D eigenvalue weighted by Gasteiger charge is 2.37. The number of carboxylic acid groups (broad SMARTS) is 1. The fourth-order valence-electron chi connectivity index (χ4n) is 4.84. The minimum atomic E-state index is -4.84. The first kappa shape index (κ1) is 29.8. The van der Waals surface area contributed by atoms with Gasteiger partial charge in [-0.15, -0.1) is 11.3 Å². The first-order chi connectivity index (χ1) is 20.3. The van der Waals surface area contributed by atoms with Crippen molar-refractivity contribution < 1.29 is 32.5 Å². The Morgan fingerprint density at radius 2 is 1.93 bits per heavy atom. The van der Waals surface area contributed by atoms with E-state index in [1.807, 2.05) is 0 Å². The highest BCUT2D eigenvalue weighted by Crippen LogP contribution is 2.42. The number of fused-ring (bicyclic) bond motifs is 2. The lowest BCUT2D eigenvalue weighted by atomic mass is 10.0. The number of ether oxygens (including phenoxy) is 2. The Kier molecular flexibility index (Phi) is 7.76. The number of methoxy groups -OCH3 is 1. The molecule has 14 heteroatoms. The Morgan fingerprint density at radius 1 is 1.19 bits per heavy atom. The Morgan fingerprint density at radius 3 is 2.58 bits per heavy atom. The van der Waals surface area contributed by atoms with Gasteiger partial charge in [0.25, 0.3) is 5.56 Å². The van der Waals surface area contributed by atoms with Crippen LogP contribution in [0.25, 0.3) is 32.2 Å². The molecule has 0 aliphatic carbocycles. The average molecular weight is 629 g/mol. The number of alkyl halides is 3. The minimum Gasteiger partial charge on any atom is -0.495 e. The van der Waals surface area contributed by atoms with Gasteiger partial charge in [0.2, 0.25) is 0 Å². The van der Waals surface area contributed by atoms with Crippen molar-refractivity contribution in [3.63, 3.8) is 0 Å². The van der Waals surface area contributed by atoms with E-state index in [1.165, 1.54) is 28.2 Å². The van der Waals surface area contributed by atoms with E-state index >= 15 is 0 Å². The van der Waals surface area contributed by atoms with Gasteiger partial charge in [0.1, 0.15) is 41.1 Å². The summed E-state index contributed by atoms with van der Waals surface area (Å²) < 4.78 is 53.8. The molecular weight excluding hydrogens is 609 g/mol. The van der Waals surface area contributed by atoms with Crippen molar-refractivity contribution >= 4 is 50.0 Å². The number of hydrogen-bond acceptors (Lipinski definition) is 8. The van der Waals surface area contributed by atoms with E-state index in [0.29, 0.717) is 43.9 Å². The third kappa shape index (κ3) is 5.35. The van der Waals surface area contributed by atoms with Gasteiger partial charge in [-0.05, 0) is 44.2 Å². The summed E-state index contributed by atoms with van der Waals surface area (Å²) in [6, 6.07) is 9.07. The number of thiophene rings is 1. The molecule has 0 radical (unpaired) electrons. The lowest BCUT2D eigenvalue weighted by Crippen LogP contribution is -2.27. The van der Waals surface area contributed by atoms with E-state index in [-0.39, 0.29) is 35.4 Å². The van der Waals surface area contributed by atoms with E-state index < -0.39 is 34.6 Å². The lowest BCUT2D eigenvalue weighted by molar-refractivity contribution is -0.138. The SMILES string of the molecule is COc1c(C(F)(F)F)cc2nc(C)n(CCOc3ccc(Cl)cc3-c3cc(C)nc4c(C(=O)O)csc34)c(=O)c2c1C#N. The van der Waals surface area contributed by atoms with E-state index in [4.69, 9.17) is 21.1 Å². The van der Waals surface area contributed by atoms with Gasteiger partial charge in [0.15, 0.2) is 0 Å². The summed E-state index contributed by atoms with van der Waals surface area (Å²) in [5.41, 5.74) is -0.560. The van der Waals surface area contributed by atoms with Crippen LogP contribution in [0.1, 0.15) is 33.0 Å². The Bertz CT molecular complexity index is 2050. The van der Waals surface area contributed by atoms with Crippen molar-refractivity contribution in [3.05, 3.63) is 79.3 Å². The predicted octanol–water partition coefficient (Wildman–Crippen LogP) is 6.62. The topological polar surface area (TPSA) is 127 Å². The van der Waals surface area contributed by atoms with Crippen LogP contribution < -0.4 is 15.0 Å². The van der Waals surface area contributed by atoms with Crippen LogP contribution in [0.5, 0.6) is 11.5 Å². The molecule has 0 unspecified atom stereocenters. The monoisotopic (exact) mass is 628 g/mol. The van der Waals surface area contributed by atoms with Gasteiger partial charge in [-0.1, -0.05) is 11.6 Å². The number of benzene rings is 2. The van der Waals surface area contributed by atoms with Crippen molar-refractivity contribution in [1.82, 2.24) is 14.5 Å². The van der Waals surface area contributed by atoms with Gasteiger partial charge in [-0.2, -0.15) is 18.4 Å². The van der Waals surface area contributed by atoms with Crippen LogP contribution in [0.15, 0.2) is 40.5 Å². The first-order valence-corrected chi connectivity index (χ1v) is 13.8. The van der Waals surface area contributed by atoms with Crippen molar-refractivity contribution in [2.24, 2.45) is 0 Å². The van der Waals surface area contributed by atoms with Crippen LogP contribution in [0.2, 0.25) is 5.02 Å². The summed E-state index contributed by atoms with van der Waals surface area (Å²) in [5.74, 6) is -1.35. The van der Waals surface area contributed by atoms with Gasteiger partial charge < -0.3 is 14.6 Å². The largest absolute Gasteiger partial charge is 0.495 e. The molecule has 5 aromatic rings. The molecule has 0 atom stereocenters. The first-order valence-electron chi connectivity index (χ1n) is 12.5. The summed E-state index contributed by atoms with van der Waals surface area (Å²) in [7, 11) is 0.992. The maximum Gasteiger partial charge on any atom is 0.420 e. The van der Waals surface area contributed by atoms with Crippen LogP contribution in [0.4, 0.5) is 13.2 Å². The number of carbonyl (C=O) groups is 1. The summed E-state index contributed by atoms with van der Waals surface area (Å²) in [6.45, 7) is 3.07. The van der Waals surface area contributed by atoms with Crippen molar-refractivity contribution in [2.75, 3.05) is 13.7 Å². The smallest absolute Gasteiger partial charge is 0.420 e. The normalized spacial score (nSPS) is 11.6. The second kappa shape index (κ2) is 11.2. The summed E-state index contributed by atoms with van der Waals surface area (Å²) >= 11 is 7.53. The number of hydrogen-bond donors (Lipinski definition) is 1. The molecule has 0 aliphatic rings. The molecule has 0 amide bonds.